The number of ether oxygens (including phenoxy) is 3. The van der Waals surface area contributed by atoms with Crippen LogP contribution in [0.3, 0.4) is 0 Å². The van der Waals surface area contributed by atoms with Gasteiger partial charge in [-0.05, 0) is 6.92 Å². The Morgan fingerprint density at radius 2 is 0.569 bits per heavy atom. The molecular formula is C25H10F34O6. The average Bonchev–Trinajstić information content (AvgIpc) is 3.09. The molecule has 0 bridgehead atoms. The molecule has 0 saturated heterocycles. The first-order valence-corrected chi connectivity index (χ1v) is 14.4. The Morgan fingerprint density at radius 1 is 0.354 bits per heavy atom. The summed E-state index contributed by atoms with van der Waals surface area (Å²) in [7, 11) is 0. The summed E-state index contributed by atoms with van der Waals surface area (Å²) in [5.74, 6) is -138. The highest BCUT2D eigenvalue weighted by Crippen LogP contribution is 2.66. The summed E-state index contributed by atoms with van der Waals surface area (Å²) in [5.41, 5.74) is -1.08. The predicted octanol–water partition coefficient (Wildman–Crippen LogP) is 10.6. The highest BCUT2D eigenvalue weighted by Gasteiger charge is 2.97. The van der Waals surface area contributed by atoms with Crippen molar-refractivity contribution in [2.45, 2.75) is 108 Å². The molecule has 0 fully saturated rings. The third-order valence-electron chi connectivity index (χ3n) is 7.38. The largest absolute Gasteiger partial charge is 0.460 e. The smallest absolute Gasteiger partial charge is 0.458 e. The molecule has 0 aliphatic rings. The summed E-state index contributed by atoms with van der Waals surface area (Å²) in [5, 5.41) is 0. The van der Waals surface area contributed by atoms with Gasteiger partial charge in [-0.3, -0.25) is 0 Å². The SMILES string of the molecule is C=C(C)C(=O)OCC(COC(=O)C(F)(F)C(F)(F)C(F)(F)C(F)(F)C(F)(F)C(F)(F)C(F)(F)C(F)(F)F)OC(=O)C(F)(F)C(F)(F)C(F)(F)C(F)(F)C(F)(F)C(F)(F)C(F)(F)C(F)(F)F. The van der Waals surface area contributed by atoms with E-state index >= 15 is 0 Å². The number of alkyl halides is 34. The van der Waals surface area contributed by atoms with E-state index in [9.17, 15) is 164 Å². The molecule has 0 saturated carbocycles. The highest BCUT2D eigenvalue weighted by atomic mass is 19.4. The predicted molar refractivity (Wildman–Crippen MR) is 128 cm³/mol. The zero-order valence-electron chi connectivity index (χ0n) is 29.0. The van der Waals surface area contributed by atoms with Crippen LogP contribution in [0.2, 0.25) is 0 Å². The van der Waals surface area contributed by atoms with Gasteiger partial charge in [0.2, 0.25) is 0 Å². The molecule has 1 atom stereocenters. The van der Waals surface area contributed by atoms with E-state index < -0.39 is 138 Å². The third kappa shape index (κ3) is 8.66. The van der Waals surface area contributed by atoms with E-state index in [2.05, 4.69) is 20.8 Å². The number of carbonyl (C=O) groups excluding carboxylic acids is 3. The fourth-order valence-electron chi connectivity index (χ4n) is 3.48. The fraction of sp³-hybridized carbons (Fsp3) is 0.800. The van der Waals surface area contributed by atoms with Crippen molar-refractivity contribution in [2.75, 3.05) is 13.2 Å². The molecule has 0 aromatic carbocycles. The van der Waals surface area contributed by atoms with E-state index in [1.807, 2.05) is 0 Å². The molecule has 0 amide bonds. The van der Waals surface area contributed by atoms with Crippen LogP contribution in [0.15, 0.2) is 12.2 Å². The monoisotopic (exact) mass is 1050 g/mol. The molecule has 0 spiro atoms. The van der Waals surface area contributed by atoms with Crippen LogP contribution >= 0.6 is 0 Å². The molecule has 0 aliphatic heterocycles. The normalized spacial score (nSPS) is 16.2. The first kappa shape index (κ1) is 60.8. The fourth-order valence-corrected chi connectivity index (χ4v) is 3.48. The quantitative estimate of drug-likeness (QED) is 0.0523. The number of rotatable bonds is 20. The maximum absolute atomic E-state index is 14.3. The van der Waals surface area contributed by atoms with E-state index in [1.165, 1.54) is 0 Å². The van der Waals surface area contributed by atoms with Crippen molar-refractivity contribution in [2.24, 2.45) is 0 Å². The molecule has 0 rings (SSSR count). The van der Waals surface area contributed by atoms with Crippen molar-refractivity contribution in [1.82, 2.24) is 0 Å². The lowest BCUT2D eigenvalue weighted by Crippen LogP contribution is -2.75. The van der Waals surface area contributed by atoms with Crippen molar-refractivity contribution < 1.29 is 178 Å². The van der Waals surface area contributed by atoms with E-state index in [0.717, 1.165) is 0 Å². The minimum atomic E-state index is -9.38. The summed E-state index contributed by atoms with van der Waals surface area (Å²) in [4.78, 5) is 34.7. The van der Waals surface area contributed by atoms with Gasteiger partial charge >= 0.3 is 113 Å². The minimum absolute atomic E-state index is 0.465. The Morgan fingerprint density at radius 3 is 0.815 bits per heavy atom. The molecule has 0 N–H and O–H groups in total. The Hall–Kier alpha value is -4.23. The highest BCUT2D eigenvalue weighted by molar-refractivity contribution is 5.87. The summed E-state index contributed by atoms with van der Waals surface area (Å²) < 4.78 is 467. The van der Waals surface area contributed by atoms with Crippen molar-refractivity contribution in [3.05, 3.63) is 12.2 Å². The lowest BCUT2D eigenvalue weighted by atomic mass is 9.89. The molecule has 0 heterocycles. The van der Waals surface area contributed by atoms with Crippen LogP contribution in [-0.2, 0) is 28.6 Å². The summed E-state index contributed by atoms with van der Waals surface area (Å²) in [6.07, 6.45) is -20.5. The zero-order chi connectivity index (χ0) is 53.4. The molecule has 0 radical (unpaired) electrons. The van der Waals surface area contributed by atoms with Crippen LogP contribution in [0.1, 0.15) is 6.92 Å². The summed E-state index contributed by atoms with van der Waals surface area (Å²) in [6.45, 7) is -2.88. The second-order valence-corrected chi connectivity index (χ2v) is 12.0. The first-order chi connectivity index (χ1) is 27.7. The van der Waals surface area contributed by atoms with Crippen LogP contribution in [0.25, 0.3) is 0 Å². The maximum Gasteiger partial charge on any atom is 0.460 e. The first-order valence-electron chi connectivity index (χ1n) is 14.4. The van der Waals surface area contributed by atoms with Crippen LogP contribution in [0.5, 0.6) is 0 Å². The van der Waals surface area contributed by atoms with Gasteiger partial charge in [-0.25, -0.2) is 14.4 Å². The van der Waals surface area contributed by atoms with E-state index in [0.29, 0.717) is 6.92 Å². The van der Waals surface area contributed by atoms with Gasteiger partial charge in [-0.15, -0.1) is 0 Å². The van der Waals surface area contributed by atoms with Gasteiger partial charge in [0, 0.05) is 5.57 Å². The van der Waals surface area contributed by atoms with E-state index in [4.69, 9.17) is 0 Å². The summed E-state index contributed by atoms with van der Waals surface area (Å²) in [6, 6.07) is 0. The summed E-state index contributed by atoms with van der Waals surface area (Å²) >= 11 is 0. The van der Waals surface area contributed by atoms with Gasteiger partial charge in [0.1, 0.15) is 13.2 Å². The minimum Gasteiger partial charge on any atom is -0.458 e. The van der Waals surface area contributed by atoms with Crippen molar-refractivity contribution in [1.29, 1.82) is 0 Å². The second-order valence-electron chi connectivity index (χ2n) is 12.0. The second kappa shape index (κ2) is 16.5. The Bertz CT molecular complexity index is 1790. The maximum atomic E-state index is 14.3. The topological polar surface area (TPSA) is 78.9 Å². The van der Waals surface area contributed by atoms with Gasteiger partial charge in [0.05, 0.1) is 0 Å². The molecule has 0 aromatic heterocycles. The molecule has 0 aromatic rings. The van der Waals surface area contributed by atoms with Crippen LogP contribution in [0, 0.1) is 0 Å². The number of esters is 3. The molecule has 65 heavy (non-hydrogen) atoms. The van der Waals surface area contributed by atoms with Gasteiger partial charge < -0.3 is 14.2 Å². The van der Waals surface area contributed by atoms with E-state index in [1.54, 1.807) is 0 Å². The standard InChI is InChI=1S/C25H10F34O6/c1-5(2)7(60)63-3-6(65-9(62)11(28,29)13(32,33)15(36,37)17(40,41)19(44,45)21(48,49)23(52,53)25(57,58)59)4-64-8(61)10(26,27)12(30,31)14(34,35)16(38,39)18(42,43)20(46,47)22(50,51)24(54,55)56/h6H,1,3-4H2,2H3. The van der Waals surface area contributed by atoms with Gasteiger partial charge in [0.15, 0.2) is 6.10 Å². The molecule has 1 unspecified atom stereocenters. The lowest BCUT2D eigenvalue weighted by Gasteiger charge is -2.42. The zero-order valence-corrected chi connectivity index (χ0v) is 29.0. The molecular weight excluding hydrogens is 1040 g/mol. The van der Waals surface area contributed by atoms with Gasteiger partial charge in [-0.1, -0.05) is 6.58 Å². The van der Waals surface area contributed by atoms with Gasteiger partial charge in [-0.2, -0.15) is 149 Å². The number of hydrogen-bond donors (Lipinski definition) is 0. The van der Waals surface area contributed by atoms with Crippen LogP contribution < -0.4 is 0 Å². The van der Waals surface area contributed by atoms with Crippen molar-refractivity contribution >= 4 is 17.9 Å². The van der Waals surface area contributed by atoms with Gasteiger partial charge in [0.25, 0.3) is 0 Å². The Balaban J connectivity index is 7.21. The molecule has 6 nitrogen and oxygen atoms in total. The Kier molecular flexibility index (Phi) is 15.4. The number of carbonyl (C=O) groups is 3. The molecule has 40 heteroatoms. The Labute approximate surface area is 330 Å². The molecule has 0 aliphatic carbocycles. The number of hydrogen-bond acceptors (Lipinski definition) is 6. The van der Waals surface area contributed by atoms with Crippen molar-refractivity contribution in [3.63, 3.8) is 0 Å². The van der Waals surface area contributed by atoms with Crippen molar-refractivity contribution in [3.8, 4) is 0 Å². The third-order valence-corrected chi connectivity index (χ3v) is 7.38. The lowest BCUT2D eigenvalue weighted by molar-refractivity contribution is -0.460. The van der Waals surface area contributed by atoms with E-state index in [-0.39, 0.29) is 0 Å². The molecule has 384 valence electrons. The average molecular weight is 1050 g/mol. The number of halogens is 34. The van der Waals surface area contributed by atoms with Crippen LogP contribution in [0.4, 0.5) is 149 Å². The van der Waals surface area contributed by atoms with Crippen LogP contribution in [-0.4, -0.2) is 132 Å².